The van der Waals surface area contributed by atoms with Crippen LogP contribution >= 0.6 is 0 Å². The molecule has 0 bridgehead atoms. The Morgan fingerprint density at radius 1 is 1.12 bits per heavy atom. The Bertz CT molecular complexity index is 767. The molecule has 0 saturated heterocycles. The largest absolute Gasteiger partial charge is 0.493 e. The highest BCUT2D eigenvalue weighted by Crippen LogP contribution is 2.27. The molecule has 0 fully saturated rings. The molecule has 0 aliphatic carbocycles. The normalized spacial score (nSPS) is 10.6. The second-order valence-corrected chi connectivity index (χ2v) is 5.65. The average Bonchev–Trinajstić information content (AvgIpc) is 2.62. The molecule has 0 radical (unpaired) electrons. The van der Waals surface area contributed by atoms with E-state index in [0.717, 1.165) is 22.4 Å². The molecular weight excluding hydrogens is 332 g/mol. The lowest BCUT2D eigenvalue weighted by Gasteiger charge is -2.11. The first kappa shape index (κ1) is 19.3. The van der Waals surface area contributed by atoms with Crippen LogP contribution in [-0.4, -0.2) is 32.4 Å². The summed E-state index contributed by atoms with van der Waals surface area (Å²) in [7, 11) is 1.57. The van der Waals surface area contributed by atoms with Crippen LogP contribution in [-0.2, 0) is 4.79 Å². The number of methoxy groups -OCH3 is 1. The van der Waals surface area contributed by atoms with Crippen molar-refractivity contribution in [2.45, 2.75) is 20.8 Å². The van der Waals surface area contributed by atoms with E-state index in [1.165, 1.54) is 6.21 Å². The monoisotopic (exact) mass is 356 g/mol. The van der Waals surface area contributed by atoms with Gasteiger partial charge in [-0.3, -0.25) is 4.79 Å². The van der Waals surface area contributed by atoms with Crippen LogP contribution in [0.4, 0.5) is 0 Å². The van der Waals surface area contributed by atoms with Gasteiger partial charge in [-0.15, -0.1) is 0 Å². The van der Waals surface area contributed by atoms with Crippen LogP contribution in [0.2, 0.25) is 0 Å². The SMILES string of the molecule is CCOc1ccc(C=NNC(=O)COc2c(C)cccc2C)cc1OC. The second-order valence-electron chi connectivity index (χ2n) is 5.65. The molecule has 0 aliphatic rings. The standard InChI is InChI=1S/C20H24N2O4/c1-5-25-17-10-9-16(11-18(17)24-4)12-21-22-19(23)13-26-20-14(2)7-6-8-15(20)3/h6-12H,5,13H2,1-4H3,(H,22,23). The fourth-order valence-corrected chi connectivity index (χ4v) is 2.41. The molecule has 0 unspecified atom stereocenters. The van der Waals surface area contributed by atoms with Gasteiger partial charge in [-0.1, -0.05) is 18.2 Å². The molecule has 0 saturated carbocycles. The molecule has 2 aromatic carbocycles. The van der Waals surface area contributed by atoms with Gasteiger partial charge in [0.15, 0.2) is 18.1 Å². The molecule has 0 aromatic heterocycles. The third-order valence-electron chi connectivity index (χ3n) is 3.65. The highest BCUT2D eigenvalue weighted by Gasteiger charge is 2.07. The van der Waals surface area contributed by atoms with E-state index in [2.05, 4.69) is 10.5 Å². The number of aryl methyl sites for hydroxylation is 2. The second kappa shape index (κ2) is 9.46. The van der Waals surface area contributed by atoms with Gasteiger partial charge in [0, 0.05) is 0 Å². The number of hydrazone groups is 1. The molecule has 0 spiro atoms. The summed E-state index contributed by atoms with van der Waals surface area (Å²) in [5.74, 6) is 1.67. The van der Waals surface area contributed by atoms with E-state index >= 15 is 0 Å². The number of hydrogen-bond acceptors (Lipinski definition) is 5. The number of nitrogens with zero attached hydrogens (tertiary/aromatic N) is 1. The van der Waals surface area contributed by atoms with Crippen LogP contribution in [0.3, 0.4) is 0 Å². The van der Waals surface area contributed by atoms with Crippen LogP contribution in [0, 0.1) is 13.8 Å². The van der Waals surface area contributed by atoms with Crippen molar-refractivity contribution in [1.29, 1.82) is 0 Å². The maximum absolute atomic E-state index is 11.9. The Balaban J connectivity index is 1.90. The van der Waals surface area contributed by atoms with E-state index in [1.54, 1.807) is 19.2 Å². The smallest absolute Gasteiger partial charge is 0.277 e. The van der Waals surface area contributed by atoms with E-state index in [4.69, 9.17) is 14.2 Å². The van der Waals surface area contributed by atoms with Crippen LogP contribution in [0.25, 0.3) is 0 Å². The Labute approximate surface area is 153 Å². The van der Waals surface area contributed by atoms with Gasteiger partial charge in [0.1, 0.15) is 5.75 Å². The molecule has 26 heavy (non-hydrogen) atoms. The summed E-state index contributed by atoms with van der Waals surface area (Å²) in [6.45, 7) is 6.25. The summed E-state index contributed by atoms with van der Waals surface area (Å²) >= 11 is 0. The van der Waals surface area contributed by atoms with Crippen molar-refractivity contribution >= 4 is 12.1 Å². The van der Waals surface area contributed by atoms with Crippen molar-refractivity contribution in [2.24, 2.45) is 5.10 Å². The van der Waals surface area contributed by atoms with Crippen molar-refractivity contribution in [3.63, 3.8) is 0 Å². The van der Waals surface area contributed by atoms with E-state index < -0.39 is 0 Å². The van der Waals surface area contributed by atoms with Crippen molar-refractivity contribution in [3.05, 3.63) is 53.1 Å². The average molecular weight is 356 g/mol. The van der Waals surface area contributed by atoms with Crippen LogP contribution in [0.5, 0.6) is 17.2 Å². The minimum atomic E-state index is -0.332. The number of rotatable bonds is 8. The van der Waals surface area contributed by atoms with Gasteiger partial charge in [-0.05, 0) is 55.7 Å². The maximum atomic E-state index is 11.9. The Morgan fingerprint density at radius 2 is 1.85 bits per heavy atom. The minimum absolute atomic E-state index is 0.102. The number of para-hydroxylation sites is 1. The number of amides is 1. The van der Waals surface area contributed by atoms with Crippen molar-refractivity contribution < 1.29 is 19.0 Å². The molecule has 1 amide bonds. The molecule has 0 heterocycles. The molecule has 138 valence electrons. The number of carbonyl (C=O) groups excluding carboxylic acids is 1. The van der Waals surface area contributed by atoms with Gasteiger partial charge in [0.05, 0.1) is 19.9 Å². The molecule has 1 N–H and O–H groups in total. The number of benzene rings is 2. The first-order chi connectivity index (χ1) is 12.5. The fraction of sp³-hybridized carbons (Fsp3) is 0.300. The van der Waals surface area contributed by atoms with Gasteiger partial charge in [0.25, 0.3) is 5.91 Å². The van der Waals surface area contributed by atoms with Gasteiger partial charge in [-0.25, -0.2) is 5.43 Å². The number of ether oxygens (including phenoxy) is 3. The lowest BCUT2D eigenvalue weighted by molar-refractivity contribution is -0.123. The van der Waals surface area contributed by atoms with Crippen molar-refractivity contribution in [3.8, 4) is 17.2 Å². The molecular formula is C20H24N2O4. The summed E-state index contributed by atoms with van der Waals surface area (Å²) in [4.78, 5) is 11.9. The number of nitrogens with one attached hydrogen (secondary N) is 1. The first-order valence-electron chi connectivity index (χ1n) is 8.37. The summed E-state index contributed by atoms with van der Waals surface area (Å²) in [6.07, 6.45) is 1.54. The zero-order valence-corrected chi connectivity index (χ0v) is 15.5. The highest BCUT2D eigenvalue weighted by molar-refractivity contribution is 5.83. The summed E-state index contributed by atoms with van der Waals surface area (Å²) < 4.78 is 16.3. The summed E-state index contributed by atoms with van der Waals surface area (Å²) in [6, 6.07) is 11.3. The topological polar surface area (TPSA) is 69.2 Å². The van der Waals surface area contributed by atoms with Crippen LogP contribution in [0.15, 0.2) is 41.5 Å². The molecule has 0 aliphatic heterocycles. The summed E-state index contributed by atoms with van der Waals surface area (Å²) in [5.41, 5.74) is 5.21. The third-order valence-corrected chi connectivity index (χ3v) is 3.65. The highest BCUT2D eigenvalue weighted by atomic mass is 16.5. The van der Waals surface area contributed by atoms with Gasteiger partial charge in [-0.2, -0.15) is 5.10 Å². The van der Waals surface area contributed by atoms with Crippen LogP contribution < -0.4 is 19.6 Å². The maximum Gasteiger partial charge on any atom is 0.277 e. The molecule has 2 aromatic rings. The Kier molecular flexibility index (Phi) is 7.02. The molecule has 6 heteroatoms. The zero-order chi connectivity index (χ0) is 18.9. The minimum Gasteiger partial charge on any atom is -0.493 e. The van der Waals surface area contributed by atoms with Gasteiger partial charge < -0.3 is 14.2 Å². The lowest BCUT2D eigenvalue weighted by atomic mass is 10.1. The lowest BCUT2D eigenvalue weighted by Crippen LogP contribution is -2.25. The van der Waals surface area contributed by atoms with Crippen LogP contribution in [0.1, 0.15) is 23.6 Å². The van der Waals surface area contributed by atoms with E-state index in [0.29, 0.717) is 18.1 Å². The molecule has 6 nitrogen and oxygen atoms in total. The van der Waals surface area contributed by atoms with E-state index in [-0.39, 0.29) is 12.5 Å². The van der Waals surface area contributed by atoms with Gasteiger partial charge in [0.2, 0.25) is 0 Å². The third kappa shape index (κ3) is 5.24. The molecule has 0 atom stereocenters. The molecule has 2 rings (SSSR count). The van der Waals surface area contributed by atoms with Crippen molar-refractivity contribution in [1.82, 2.24) is 5.43 Å². The first-order valence-corrected chi connectivity index (χ1v) is 8.37. The Hall–Kier alpha value is -3.02. The predicted octanol–water partition coefficient (Wildman–Crippen LogP) is 3.24. The van der Waals surface area contributed by atoms with E-state index in [1.807, 2.05) is 45.0 Å². The number of carbonyl (C=O) groups is 1. The zero-order valence-electron chi connectivity index (χ0n) is 15.5. The van der Waals surface area contributed by atoms with E-state index in [9.17, 15) is 4.79 Å². The predicted molar refractivity (Wildman–Crippen MR) is 101 cm³/mol. The fourth-order valence-electron chi connectivity index (χ4n) is 2.41. The Morgan fingerprint density at radius 3 is 2.50 bits per heavy atom. The number of hydrogen-bond donors (Lipinski definition) is 1. The van der Waals surface area contributed by atoms with Crippen molar-refractivity contribution in [2.75, 3.05) is 20.3 Å². The quantitative estimate of drug-likeness (QED) is 0.582. The summed E-state index contributed by atoms with van der Waals surface area (Å²) in [5, 5.41) is 3.95. The van der Waals surface area contributed by atoms with Gasteiger partial charge >= 0.3 is 0 Å².